The van der Waals surface area contributed by atoms with Crippen LogP contribution in [0.25, 0.3) is 0 Å². The summed E-state index contributed by atoms with van der Waals surface area (Å²) in [6.07, 6.45) is 0. The van der Waals surface area contributed by atoms with Gasteiger partial charge in [-0.05, 0) is 0 Å². The minimum absolute atomic E-state index is 0.493. The molecule has 0 aliphatic carbocycles. The van der Waals surface area contributed by atoms with E-state index >= 15 is 0 Å². The molecular formula is CH2O4S. The first-order chi connectivity index (χ1) is 2.56. The first-order valence-corrected chi connectivity index (χ1v) is 2.41. The van der Waals surface area contributed by atoms with Crippen LogP contribution in [0, 0.1) is 0 Å². The summed E-state index contributed by atoms with van der Waals surface area (Å²) in [6, 6.07) is 0. The summed E-state index contributed by atoms with van der Waals surface area (Å²) in [6.45, 7) is 0. The third-order valence-corrected chi connectivity index (χ3v) is 0.326. The van der Waals surface area contributed by atoms with Gasteiger partial charge in [-0.3, -0.25) is 9.11 Å². The predicted molar refractivity (Wildman–Crippen MR) is 19.1 cm³/mol. The molecule has 4 nitrogen and oxygen atoms in total. The lowest BCUT2D eigenvalue weighted by molar-refractivity contribution is 0.443. The molecule has 0 unspecified atom stereocenters. The summed E-state index contributed by atoms with van der Waals surface area (Å²) < 4.78 is 24.2. The molecule has 0 heterocycles. The Kier molecular flexibility index (Phi) is 1.32. The maximum Gasteiger partial charge on any atom is 0.281 e. The van der Waals surface area contributed by atoms with Gasteiger partial charge in [0.15, 0.2) is 0 Å². The lowest BCUT2D eigenvalue weighted by Gasteiger charge is -1.73. The molecule has 0 aromatic carbocycles. The van der Waals surface area contributed by atoms with Crippen LogP contribution >= 0.6 is 0 Å². The van der Waals surface area contributed by atoms with Crippen molar-refractivity contribution in [2.24, 2.45) is 0 Å². The van der Waals surface area contributed by atoms with E-state index in [-0.39, 0.29) is 0 Å². The third-order valence-electron chi connectivity index (χ3n) is 0.109. The summed E-state index contributed by atoms with van der Waals surface area (Å²) in [5, 5.41) is 0.493. The van der Waals surface area contributed by atoms with E-state index in [2.05, 4.69) is 0 Å². The summed E-state index contributed by atoms with van der Waals surface area (Å²) in [5.41, 5.74) is 0. The average Bonchev–Trinajstić information content (AvgIpc) is 1.35. The van der Waals surface area contributed by atoms with Crippen molar-refractivity contribution in [2.75, 3.05) is 0 Å². The van der Waals surface area contributed by atoms with Gasteiger partial charge in [-0.15, -0.1) is 0 Å². The minimum Gasteiger partial charge on any atom is -0.285 e. The van der Waals surface area contributed by atoms with E-state index in [1.165, 1.54) is 0 Å². The van der Waals surface area contributed by atoms with Gasteiger partial charge in [0, 0.05) is 0 Å². The molecular weight excluding hydrogens is 108 g/mol. The van der Waals surface area contributed by atoms with Crippen LogP contribution in [0.3, 0.4) is 0 Å². The maximum atomic E-state index is 9.24. The largest absolute Gasteiger partial charge is 0.285 e. The second-order valence-corrected chi connectivity index (χ2v) is 1.74. The lowest BCUT2D eigenvalue weighted by Crippen LogP contribution is -1.91. The molecule has 0 amide bonds. The van der Waals surface area contributed by atoms with Gasteiger partial charge < -0.3 is 0 Å². The Hall–Kier alpha value is -0.350. The molecule has 0 aromatic rings. The molecule has 5 heteroatoms. The Morgan fingerprint density at radius 1 is 1.50 bits per heavy atom. The first kappa shape index (κ1) is 5.65. The SMILES string of the molecule is O=C=S(=O)(O)O. The molecule has 2 N–H and O–H groups in total. The molecule has 6 heavy (non-hydrogen) atoms. The molecule has 36 valence electrons. The molecule has 0 aliphatic rings. The third kappa shape index (κ3) is 3.65. The van der Waals surface area contributed by atoms with Crippen LogP contribution in [0.15, 0.2) is 0 Å². The minimum atomic E-state index is -4.22. The van der Waals surface area contributed by atoms with Crippen LogP contribution in [0.1, 0.15) is 0 Å². The monoisotopic (exact) mass is 110 g/mol. The Morgan fingerprint density at radius 2 is 1.67 bits per heavy atom. The second-order valence-electron chi connectivity index (χ2n) is 0.580. The summed E-state index contributed by atoms with van der Waals surface area (Å²) >= 11 is 0. The van der Waals surface area contributed by atoms with E-state index < -0.39 is 10.1 Å². The predicted octanol–water partition coefficient (Wildman–Crippen LogP) is -0.716. The fraction of sp³-hybridized carbons (Fsp3) is 0. The van der Waals surface area contributed by atoms with Gasteiger partial charge in [0.05, 0.1) is 0 Å². The van der Waals surface area contributed by atoms with Crippen LogP contribution in [0.5, 0.6) is 0 Å². The molecule has 0 rings (SSSR count). The highest BCUT2D eigenvalue weighted by Gasteiger charge is 1.84. The van der Waals surface area contributed by atoms with E-state index in [1.54, 1.807) is 0 Å². The van der Waals surface area contributed by atoms with E-state index in [1.807, 2.05) is 0 Å². The van der Waals surface area contributed by atoms with Crippen LogP contribution in [0.2, 0.25) is 0 Å². The van der Waals surface area contributed by atoms with E-state index in [9.17, 15) is 4.21 Å². The van der Waals surface area contributed by atoms with Crippen molar-refractivity contribution < 1.29 is 18.1 Å². The van der Waals surface area contributed by atoms with Gasteiger partial charge in [-0.2, -0.15) is 4.21 Å². The fourth-order valence-corrected chi connectivity index (χ4v) is 0. The van der Waals surface area contributed by atoms with E-state index in [0.29, 0.717) is 5.23 Å². The van der Waals surface area contributed by atoms with Gasteiger partial charge >= 0.3 is 0 Å². The Balaban J connectivity index is 4.75. The Bertz CT molecular complexity index is 148. The molecule has 0 saturated carbocycles. The average molecular weight is 110 g/mol. The van der Waals surface area contributed by atoms with Crippen LogP contribution in [-0.2, 0) is 14.9 Å². The molecule has 0 saturated heterocycles. The van der Waals surface area contributed by atoms with Crippen LogP contribution in [0.4, 0.5) is 0 Å². The maximum absolute atomic E-state index is 9.24. The topological polar surface area (TPSA) is 74.6 Å². The van der Waals surface area contributed by atoms with E-state index in [4.69, 9.17) is 13.9 Å². The van der Waals surface area contributed by atoms with Crippen molar-refractivity contribution in [2.45, 2.75) is 0 Å². The van der Waals surface area contributed by atoms with Crippen molar-refractivity contribution in [3.63, 3.8) is 0 Å². The number of hydrogen-bond acceptors (Lipinski definition) is 2. The number of carbonyl (C=O) groups excluding carboxylic acids is 1. The Morgan fingerprint density at radius 3 is 1.67 bits per heavy atom. The van der Waals surface area contributed by atoms with Crippen molar-refractivity contribution in [1.29, 1.82) is 0 Å². The number of rotatable bonds is 0. The summed E-state index contributed by atoms with van der Waals surface area (Å²) in [4.78, 5) is 8.93. The van der Waals surface area contributed by atoms with Gasteiger partial charge in [0.25, 0.3) is 10.1 Å². The molecule has 0 atom stereocenters. The summed E-state index contributed by atoms with van der Waals surface area (Å²) in [7, 11) is -4.22. The fourth-order valence-electron chi connectivity index (χ4n) is 0. The quantitative estimate of drug-likeness (QED) is 0.404. The molecule has 0 spiro atoms. The van der Waals surface area contributed by atoms with Gasteiger partial charge in [0.1, 0.15) is 0 Å². The zero-order valence-electron chi connectivity index (χ0n) is 2.62. The second kappa shape index (κ2) is 1.40. The van der Waals surface area contributed by atoms with E-state index in [0.717, 1.165) is 0 Å². The number of hydrogen-bond donors (Lipinski definition) is 2. The molecule has 0 radical (unpaired) electrons. The highest BCUT2D eigenvalue weighted by atomic mass is 32.2. The zero-order chi connectivity index (χ0) is 5.21. The van der Waals surface area contributed by atoms with Crippen LogP contribution < -0.4 is 0 Å². The lowest BCUT2D eigenvalue weighted by atomic mass is 11.9. The highest BCUT2D eigenvalue weighted by Crippen LogP contribution is 1.62. The van der Waals surface area contributed by atoms with Crippen molar-refractivity contribution in [1.82, 2.24) is 0 Å². The van der Waals surface area contributed by atoms with Gasteiger partial charge in [-0.1, -0.05) is 0 Å². The van der Waals surface area contributed by atoms with Crippen molar-refractivity contribution in [3.8, 4) is 0 Å². The van der Waals surface area contributed by atoms with Gasteiger partial charge in [0.2, 0.25) is 5.23 Å². The Labute approximate surface area is 34.5 Å². The van der Waals surface area contributed by atoms with Crippen molar-refractivity contribution in [3.05, 3.63) is 0 Å². The highest BCUT2D eigenvalue weighted by molar-refractivity contribution is 7.90. The van der Waals surface area contributed by atoms with Crippen molar-refractivity contribution >= 4 is 15.3 Å². The first-order valence-electron chi connectivity index (χ1n) is 0.940. The summed E-state index contributed by atoms with van der Waals surface area (Å²) in [5.74, 6) is 0. The standard InChI is InChI=1S/CH2O4S/c2-1-6(3,4)5/h(H2,3,4,5). The normalized spacial score (nSPS) is 10.3. The smallest absolute Gasteiger partial charge is 0.281 e. The van der Waals surface area contributed by atoms with Gasteiger partial charge in [-0.25, -0.2) is 4.79 Å². The molecule has 0 aromatic heterocycles. The molecule has 0 fully saturated rings. The zero-order valence-corrected chi connectivity index (χ0v) is 3.44. The molecule has 0 aliphatic heterocycles. The molecule has 0 bridgehead atoms. The van der Waals surface area contributed by atoms with Crippen LogP contribution in [-0.4, -0.2) is 18.5 Å².